The maximum absolute atomic E-state index is 11.1. The Morgan fingerprint density at radius 3 is 2.35 bits per heavy atom. The highest BCUT2D eigenvalue weighted by molar-refractivity contribution is 14.2. The van der Waals surface area contributed by atoms with Crippen LogP contribution in [0, 0.1) is 7.14 Å². The summed E-state index contributed by atoms with van der Waals surface area (Å²) in [6.07, 6.45) is 0.412. The molecule has 0 aliphatic rings. The SMILES string of the molecule is O=C(O)C(Cc1ccc(O)c(I)c1I)N(I)I. The maximum atomic E-state index is 11.1. The number of phenols is 1. The summed E-state index contributed by atoms with van der Waals surface area (Å²) in [4.78, 5) is 11.1. The zero-order chi connectivity index (χ0) is 13.2. The Morgan fingerprint density at radius 2 is 1.88 bits per heavy atom. The van der Waals surface area contributed by atoms with Gasteiger partial charge >= 0.3 is 5.97 Å². The first kappa shape index (κ1) is 16.4. The van der Waals surface area contributed by atoms with Gasteiger partial charge in [-0.05, 0) is 56.8 Å². The third kappa shape index (κ3) is 4.45. The zero-order valence-electron chi connectivity index (χ0n) is 8.20. The van der Waals surface area contributed by atoms with Gasteiger partial charge in [0.2, 0.25) is 0 Å². The highest BCUT2D eigenvalue weighted by Gasteiger charge is 2.24. The highest BCUT2D eigenvalue weighted by Crippen LogP contribution is 2.29. The van der Waals surface area contributed by atoms with Gasteiger partial charge in [-0.25, -0.2) is 0 Å². The van der Waals surface area contributed by atoms with Gasteiger partial charge in [0.15, 0.2) is 0 Å². The van der Waals surface area contributed by atoms with Crippen molar-refractivity contribution in [3.8, 4) is 5.75 Å². The lowest BCUT2D eigenvalue weighted by molar-refractivity contribution is -0.139. The molecule has 2 N–H and O–H groups in total. The summed E-state index contributed by atoms with van der Waals surface area (Å²) in [6.45, 7) is 0. The molecule has 1 unspecified atom stereocenters. The van der Waals surface area contributed by atoms with E-state index in [9.17, 15) is 9.90 Å². The number of aliphatic carboxylic acids is 1. The standard InChI is InChI=1S/C9H7I4NO3/c10-7-4(1-2-6(15)8(7)11)3-5(9(16)17)14(12)13/h1-2,5,15H,3H2,(H,16,17). The first-order valence-electron chi connectivity index (χ1n) is 4.34. The second-order valence-corrected chi connectivity index (χ2v) is 9.27. The fourth-order valence-electron chi connectivity index (χ4n) is 1.19. The number of nitrogens with zero attached hydrogens (tertiary/aromatic N) is 1. The number of hydrogen-bond acceptors (Lipinski definition) is 3. The van der Waals surface area contributed by atoms with Crippen molar-refractivity contribution >= 4 is 96.9 Å². The molecule has 0 saturated heterocycles. The topological polar surface area (TPSA) is 60.8 Å². The Bertz CT molecular complexity index is 438. The number of phenolic OH excluding ortho intramolecular Hbond substituents is 1. The second-order valence-electron chi connectivity index (χ2n) is 3.19. The lowest BCUT2D eigenvalue weighted by Gasteiger charge is -2.17. The van der Waals surface area contributed by atoms with E-state index in [4.69, 9.17) is 5.11 Å². The summed E-state index contributed by atoms with van der Waals surface area (Å²) in [5.41, 5.74) is 0.929. The van der Waals surface area contributed by atoms with E-state index in [1.54, 1.807) is 13.5 Å². The Labute approximate surface area is 154 Å². The Kier molecular flexibility index (Phi) is 6.99. The molecule has 0 fully saturated rings. The van der Waals surface area contributed by atoms with Gasteiger partial charge < -0.3 is 10.2 Å². The van der Waals surface area contributed by atoms with Crippen LogP contribution in [0.2, 0.25) is 0 Å². The van der Waals surface area contributed by atoms with Crippen molar-refractivity contribution in [2.24, 2.45) is 0 Å². The van der Waals surface area contributed by atoms with Crippen LogP contribution >= 0.6 is 90.9 Å². The fraction of sp³-hybridized carbons (Fsp3) is 0.222. The molecule has 94 valence electrons. The number of halogens is 4. The van der Waals surface area contributed by atoms with Crippen LogP contribution in [0.4, 0.5) is 0 Å². The van der Waals surface area contributed by atoms with E-state index in [-0.39, 0.29) is 5.75 Å². The van der Waals surface area contributed by atoms with E-state index in [1.165, 1.54) is 0 Å². The summed E-state index contributed by atoms with van der Waals surface area (Å²) in [7, 11) is 0. The van der Waals surface area contributed by atoms with Gasteiger partial charge in [0.1, 0.15) is 11.8 Å². The first-order valence-corrected chi connectivity index (χ1v) is 8.42. The van der Waals surface area contributed by atoms with Crippen LogP contribution in [-0.4, -0.2) is 23.6 Å². The van der Waals surface area contributed by atoms with E-state index < -0.39 is 12.0 Å². The van der Waals surface area contributed by atoms with Crippen molar-refractivity contribution in [1.29, 1.82) is 0 Å². The molecule has 17 heavy (non-hydrogen) atoms. The molecule has 0 aromatic heterocycles. The van der Waals surface area contributed by atoms with E-state index in [1.807, 2.05) is 45.7 Å². The van der Waals surface area contributed by atoms with Gasteiger partial charge in [-0.1, -0.05) is 6.07 Å². The van der Waals surface area contributed by atoms with Crippen molar-refractivity contribution in [2.75, 3.05) is 0 Å². The number of carboxylic acid groups (broad SMARTS) is 1. The minimum atomic E-state index is -0.854. The summed E-state index contributed by atoms with van der Waals surface area (Å²) < 4.78 is 3.29. The van der Waals surface area contributed by atoms with Gasteiger partial charge in [-0.15, -0.1) is 0 Å². The van der Waals surface area contributed by atoms with Crippen molar-refractivity contribution in [3.63, 3.8) is 0 Å². The van der Waals surface area contributed by atoms with E-state index >= 15 is 0 Å². The van der Waals surface area contributed by atoms with Gasteiger partial charge in [0.25, 0.3) is 0 Å². The molecule has 1 rings (SSSR count). The average molecular weight is 685 g/mol. The predicted molar refractivity (Wildman–Crippen MR) is 98.5 cm³/mol. The molecule has 0 radical (unpaired) electrons. The summed E-state index contributed by atoms with van der Waals surface area (Å²) in [5, 5.41) is 18.6. The van der Waals surface area contributed by atoms with Crippen molar-refractivity contribution in [1.82, 2.24) is 1.33 Å². The summed E-state index contributed by atoms with van der Waals surface area (Å²) >= 11 is 8.10. The molecule has 0 heterocycles. The average Bonchev–Trinajstić information content (AvgIpc) is 2.24. The van der Waals surface area contributed by atoms with Gasteiger partial charge in [-0.3, -0.25) is 4.79 Å². The predicted octanol–water partition coefficient (Wildman–Crippen LogP) is 3.60. The molecule has 0 bridgehead atoms. The molecular formula is C9H7I4NO3. The van der Waals surface area contributed by atoms with Crippen LogP contribution < -0.4 is 0 Å². The summed E-state index contributed by atoms with van der Waals surface area (Å²) in [6, 6.07) is 2.79. The Hall–Kier alpha value is 1.37. The zero-order valence-corrected chi connectivity index (χ0v) is 16.8. The number of carbonyl (C=O) groups is 1. The van der Waals surface area contributed by atoms with Crippen molar-refractivity contribution < 1.29 is 15.0 Å². The number of hydrogen-bond donors (Lipinski definition) is 2. The Balaban J connectivity index is 3.02. The Morgan fingerprint density at radius 1 is 1.29 bits per heavy atom. The van der Waals surface area contributed by atoms with Crippen LogP contribution in [0.25, 0.3) is 0 Å². The first-order chi connectivity index (χ1) is 7.84. The highest BCUT2D eigenvalue weighted by atomic mass is 127. The molecule has 0 saturated carbocycles. The smallest absolute Gasteiger partial charge is 0.322 e. The molecule has 8 heteroatoms. The molecular weight excluding hydrogens is 678 g/mol. The molecule has 4 nitrogen and oxygen atoms in total. The third-order valence-electron chi connectivity index (χ3n) is 2.08. The molecule has 0 aliphatic heterocycles. The molecule has 1 atom stereocenters. The van der Waals surface area contributed by atoms with Crippen molar-refractivity contribution in [2.45, 2.75) is 12.5 Å². The summed E-state index contributed by atoms with van der Waals surface area (Å²) in [5.74, 6) is -0.626. The largest absolute Gasteiger partial charge is 0.507 e. The van der Waals surface area contributed by atoms with E-state index in [0.29, 0.717) is 6.42 Å². The molecule has 1 aromatic carbocycles. The van der Waals surface area contributed by atoms with E-state index in [2.05, 4.69) is 45.2 Å². The van der Waals surface area contributed by atoms with Crippen molar-refractivity contribution in [3.05, 3.63) is 24.8 Å². The lowest BCUT2D eigenvalue weighted by Crippen LogP contribution is -2.31. The minimum absolute atomic E-state index is 0.228. The van der Waals surface area contributed by atoms with Gasteiger partial charge in [0.05, 0.1) is 3.57 Å². The van der Waals surface area contributed by atoms with Crippen LogP contribution in [-0.2, 0) is 11.2 Å². The third-order valence-corrected chi connectivity index (χ3v) is 6.78. The number of benzene rings is 1. The minimum Gasteiger partial charge on any atom is -0.507 e. The normalized spacial score (nSPS) is 12.8. The second kappa shape index (κ2) is 7.23. The monoisotopic (exact) mass is 685 g/mol. The van der Waals surface area contributed by atoms with Crippen LogP contribution in [0.1, 0.15) is 5.56 Å². The molecule has 0 amide bonds. The van der Waals surface area contributed by atoms with Crippen LogP contribution in [0.5, 0.6) is 5.75 Å². The number of aromatic hydroxyl groups is 1. The maximum Gasteiger partial charge on any atom is 0.322 e. The number of carboxylic acids is 1. The number of rotatable bonds is 4. The molecule has 0 spiro atoms. The van der Waals surface area contributed by atoms with Crippen LogP contribution in [0.3, 0.4) is 0 Å². The molecule has 1 aromatic rings. The lowest BCUT2D eigenvalue weighted by atomic mass is 10.1. The van der Waals surface area contributed by atoms with Gasteiger partial charge in [0, 0.05) is 55.7 Å². The molecule has 0 aliphatic carbocycles. The van der Waals surface area contributed by atoms with Crippen LogP contribution in [0.15, 0.2) is 12.1 Å². The fourth-order valence-corrected chi connectivity index (χ4v) is 3.26. The quantitative estimate of drug-likeness (QED) is 0.376. The van der Waals surface area contributed by atoms with E-state index in [0.717, 1.165) is 12.7 Å². The van der Waals surface area contributed by atoms with Gasteiger partial charge in [-0.2, -0.15) is 1.33 Å².